The summed E-state index contributed by atoms with van der Waals surface area (Å²) in [5.74, 6) is -0.562. The zero-order valence-electron chi connectivity index (χ0n) is 20.7. The quantitative estimate of drug-likeness (QED) is 0.194. The summed E-state index contributed by atoms with van der Waals surface area (Å²) in [7, 11) is 1.30. The van der Waals surface area contributed by atoms with E-state index in [1.807, 2.05) is 0 Å². The van der Waals surface area contributed by atoms with Gasteiger partial charge in [-0.2, -0.15) is 39.5 Å². The number of rotatable bonds is 6. The maximum absolute atomic E-state index is 14.5. The van der Waals surface area contributed by atoms with Crippen LogP contribution in [-0.2, 0) is 27.6 Å². The van der Waals surface area contributed by atoms with Crippen molar-refractivity contribution in [2.75, 3.05) is 13.7 Å². The number of halogens is 9. The molecule has 15 heteroatoms. The van der Waals surface area contributed by atoms with Crippen LogP contribution in [0.4, 0.5) is 39.5 Å². The second kappa shape index (κ2) is 10.6. The minimum atomic E-state index is -5.48. The molecule has 1 heterocycles. The van der Waals surface area contributed by atoms with Gasteiger partial charge in [-0.05, 0) is 35.0 Å². The number of carbonyl (C=O) groups excluding carboxylic acids is 1. The molecule has 3 aromatic carbocycles. The average molecular weight is 591 g/mol. The zero-order chi connectivity index (χ0) is 30.2. The van der Waals surface area contributed by atoms with Crippen molar-refractivity contribution >= 4 is 28.6 Å². The first kappa shape index (κ1) is 29.7. The Kier molecular flexibility index (Phi) is 7.67. The number of alkyl halides is 9. The van der Waals surface area contributed by atoms with Gasteiger partial charge in [0.15, 0.2) is 0 Å². The first-order valence-corrected chi connectivity index (χ1v) is 11.6. The lowest BCUT2D eigenvalue weighted by Crippen LogP contribution is -2.43. The summed E-state index contributed by atoms with van der Waals surface area (Å²) in [6.45, 7) is -0.00565. The van der Waals surface area contributed by atoms with Crippen LogP contribution in [0.15, 0.2) is 64.9 Å². The minimum Gasteiger partial charge on any atom is -0.399 e. The summed E-state index contributed by atoms with van der Waals surface area (Å²) in [6, 6.07) is 8.29. The second-order valence-corrected chi connectivity index (χ2v) is 8.81. The van der Waals surface area contributed by atoms with E-state index < -0.39 is 58.9 Å². The summed E-state index contributed by atoms with van der Waals surface area (Å²) in [5.41, 5.74) is -9.16. The monoisotopic (exact) mass is 591 g/mol. The molecule has 0 fully saturated rings. The third kappa shape index (κ3) is 5.79. The van der Waals surface area contributed by atoms with Gasteiger partial charge >= 0.3 is 18.5 Å². The molecule has 1 atom stereocenters. The fraction of sp³-hybridized carbons (Fsp3) is 0.269. The fourth-order valence-corrected chi connectivity index (χ4v) is 4.33. The molecule has 0 saturated carbocycles. The van der Waals surface area contributed by atoms with E-state index in [1.165, 1.54) is 43.7 Å². The predicted octanol–water partition coefficient (Wildman–Crippen LogP) is 6.82. The Morgan fingerprint density at radius 1 is 0.976 bits per heavy atom. The Hall–Kier alpha value is -4.30. The van der Waals surface area contributed by atoms with Gasteiger partial charge < -0.3 is 15.0 Å². The summed E-state index contributed by atoms with van der Waals surface area (Å²) in [6.07, 6.45) is -16.2. The molecule has 0 aliphatic carbocycles. The molecule has 218 valence electrons. The SMILES string of the molecule is CO/N=C/CNC(=O)c1ccc(C2=NOC(c3cc(C(F)(F)F)cc(C(F)(F)F)c3)(C(F)(F)F)C2)c2ccccc12. The van der Waals surface area contributed by atoms with Gasteiger partial charge in [0.25, 0.3) is 11.5 Å². The smallest absolute Gasteiger partial charge is 0.399 e. The molecule has 3 aromatic rings. The number of amides is 1. The van der Waals surface area contributed by atoms with Gasteiger partial charge in [-0.3, -0.25) is 4.79 Å². The minimum absolute atomic E-state index is 0.00565. The maximum atomic E-state index is 14.5. The molecule has 0 aromatic heterocycles. The van der Waals surface area contributed by atoms with Crippen molar-refractivity contribution in [1.29, 1.82) is 0 Å². The highest BCUT2D eigenvalue weighted by Gasteiger charge is 2.63. The van der Waals surface area contributed by atoms with Gasteiger partial charge in [0, 0.05) is 23.1 Å². The Bertz CT molecular complexity index is 1500. The van der Waals surface area contributed by atoms with E-state index in [2.05, 4.69) is 20.5 Å². The maximum Gasteiger partial charge on any atom is 0.435 e. The molecule has 0 radical (unpaired) electrons. The number of nitrogens with zero attached hydrogens (tertiary/aromatic N) is 2. The van der Waals surface area contributed by atoms with Crippen molar-refractivity contribution in [3.63, 3.8) is 0 Å². The van der Waals surface area contributed by atoms with Gasteiger partial charge in [0.2, 0.25) is 0 Å². The zero-order valence-corrected chi connectivity index (χ0v) is 20.7. The molecule has 0 spiro atoms. The van der Waals surface area contributed by atoms with E-state index in [1.54, 1.807) is 6.07 Å². The van der Waals surface area contributed by atoms with Crippen LogP contribution in [-0.4, -0.2) is 37.7 Å². The highest BCUT2D eigenvalue weighted by atomic mass is 19.4. The van der Waals surface area contributed by atoms with Crippen molar-refractivity contribution in [2.24, 2.45) is 10.3 Å². The van der Waals surface area contributed by atoms with Crippen LogP contribution >= 0.6 is 0 Å². The molecule has 1 aliphatic heterocycles. The van der Waals surface area contributed by atoms with E-state index >= 15 is 0 Å². The predicted molar refractivity (Wildman–Crippen MR) is 128 cm³/mol. The van der Waals surface area contributed by atoms with Gasteiger partial charge in [0.05, 0.1) is 29.6 Å². The Morgan fingerprint density at radius 2 is 1.59 bits per heavy atom. The van der Waals surface area contributed by atoms with Crippen LogP contribution in [0.1, 0.15) is 39.0 Å². The molecule has 0 saturated heterocycles. The lowest BCUT2D eigenvalue weighted by atomic mass is 9.83. The summed E-state index contributed by atoms with van der Waals surface area (Å²) in [4.78, 5) is 21.9. The van der Waals surface area contributed by atoms with Crippen LogP contribution in [0.2, 0.25) is 0 Å². The Balaban J connectivity index is 1.79. The number of nitrogens with one attached hydrogen (secondary N) is 1. The van der Waals surface area contributed by atoms with Gasteiger partial charge in [-0.1, -0.05) is 40.6 Å². The first-order valence-electron chi connectivity index (χ1n) is 11.6. The number of carbonyl (C=O) groups is 1. The Morgan fingerprint density at radius 3 is 2.15 bits per heavy atom. The lowest BCUT2D eigenvalue weighted by molar-refractivity contribution is -0.276. The molecule has 1 N–H and O–H groups in total. The van der Waals surface area contributed by atoms with Crippen molar-refractivity contribution in [3.8, 4) is 0 Å². The fourth-order valence-electron chi connectivity index (χ4n) is 4.33. The molecule has 1 aliphatic rings. The summed E-state index contributed by atoms with van der Waals surface area (Å²) < 4.78 is 124. The van der Waals surface area contributed by atoms with E-state index in [9.17, 15) is 44.3 Å². The van der Waals surface area contributed by atoms with Gasteiger partial charge in [-0.25, -0.2) is 0 Å². The van der Waals surface area contributed by atoms with Gasteiger partial charge in [-0.15, -0.1) is 0 Å². The molecule has 4 rings (SSSR count). The van der Waals surface area contributed by atoms with Crippen molar-refractivity contribution < 1.29 is 54.0 Å². The summed E-state index contributed by atoms with van der Waals surface area (Å²) in [5, 5.41) is 10.0. The van der Waals surface area contributed by atoms with Crippen LogP contribution in [0.3, 0.4) is 0 Å². The highest BCUT2D eigenvalue weighted by molar-refractivity contribution is 6.16. The third-order valence-corrected chi connectivity index (χ3v) is 6.25. The number of hydrogen-bond acceptors (Lipinski definition) is 5. The molecular formula is C26H18F9N3O3. The van der Waals surface area contributed by atoms with Crippen LogP contribution in [0.5, 0.6) is 0 Å². The van der Waals surface area contributed by atoms with Crippen LogP contribution < -0.4 is 5.32 Å². The molecule has 1 unspecified atom stereocenters. The molecule has 41 heavy (non-hydrogen) atoms. The number of fused-ring (bicyclic) bond motifs is 1. The molecule has 0 bridgehead atoms. The first-order chi connectivity index (χ1) is 19.1. The number of benzene rings is 3. The van der Waals surface area contributed by atoms with Crippen LogP contribution in [0, 0.1) is 0 Å². The normalized spacial score (nSPS) is 18.0. The van der Waals surface area contributed by atoms with Crippen LogP contribution in [0.25, 0.3) is 10.8 Å². The number of hydrogen-bond donors (Lipinski definition) is 1. The van der Waals surface area contributed by atoms with E-state index in [4.69, 9.17) is 4.84 Å². The van der Waals surface area contributed by atoms with E-state index in [0.717, 1.165) is 0 Å². The standard InChI is InChI=1S/C26H18F9N3O3/c1-40-37-9-8-36-22(39)20-7-6-19(17-4-2-3-5-18(17)20)21-13-23(41-38-21,26(33,34)35)14-10-15(24(27,28)29)12-16(11-14)25(30,31)32/h2-7,9-12H,8,13H2,1H3,(H,36,39)/b37-9+. The summed E-state index contributed by atoms with van der Waals surface area (Å²) >= 11 is 0. The number of oxime groups is 2. The van der Waals surface area contributed by atoms with Crippen molar-refractivity contribution in [3.05, 3.63) is 82.4 Å². The highest BCUT2D eigenvalue weighted by Crippen LogP contribution is 2.51. The van der Waals surface area contributed by atoms with E-state index in [0.29, 0.717) is 0 Å². The largest absolute Gasteiger partial charge is 0.435 e. The average Bonchev–Trinajstić information content (AvgIpc) is 3.36. The van der Waals surface area contributed by atoms with Crippen molar-refractivity contribution in [1.82, 2.24) is 5.32 Å². The molecule has 1 amide bonds. The molecule has 6 nitrogen and oxygen atoms in total. The topological polar surface area (TPSA) is 72.3 Å². The third-order valence-electron chi connectivity index (χ3n) is 6.25. The second-order valence-electron chi connectivity index (χ2n) is 8.81. The van der Waals surface area contributed by atoms with E-state index in [-0.39, 0.29) is 46.6 Å². The lowest BCUT2D eigenvalue weighted by Gasteiger charge is -2.30. The molecular weight excluding hydrogens is 573 g/mol. The van der Waals surface area contributed by atoms with Gasteiger partial charge in [0.1, 0.15) is 7.11 Å². The Labute approximate surface area is 225 Å². The van der Waals surface area contributed by atoms with Crippen molar-refractivity contribution in [2.45, 2.75) is 30.6 Å².